The van der Waals surface area contributed by atoms with E-state index in [-0.39, 0.29) is 22.9 Å². The van der Waals surface area contributed by atoms with Crippen LogP contribution >= 0.6 is 0 Å². The van der Waals surface area contributed by atoms with E-state index in [4.69, 9.17) is 11.0 Å². The Balaban J connectivity index is 1.64. The van der Waals surface area contributed by atoms with Crippen molar-refractivity contribution >= 4 is 21.3 Å². The van der Waals surface area contributed by atoms with Gasteiger partial charge in [0.05, 0.1) is 28.5 Å². The summed E-state index contributed by atoms with van der Waals surface area (Å²) in [5.41, 5.74) is 8.66. The van der Waals surface area contributed by atoms with Crippen LogP contribution in [0.2, 0.25) is 0 Å². The smallest absolute Gasteiger partial charge is 0.153 e. The molecule has 0 unspecified atom stereocenters. The number of nitriles is 1. The monoisotopic (exact) mass is 411 g/mol. The van der Waals surface area contributed by atoms with Gasteiger partial charge in [0.1, 0.15) is 17.7 Å². The highest BCUT2D eigenvalue weighted by Gasteiger charge is 2.22. The van der Waals surface area contributed by atoms with Crippen LogP contribution in [0.3, 0.4) is 0 Å². The molecule has 0 saturated carbocycles. The fraction of sp³-hybridized carbons (Fsp3) is 0.200. The Morgan fingerprint density at radius 2 is 1.69 bits per heavy atom. The minimum atomic E-state index is -2.94. The Hall–Kier alpha value is -3.38. The zero-order chi connectivity index (χ0) is 20.6. The number of hydrogen-bond acceptors (Lipinski definition) is 6. The highest BCUT2D eigenvalue weighted by atomic mass is 32.2. The van der Waals surface area contributed by atoms with Crippen molar-refractivity contribution in [3.05, 3.63) is 59.9 Å². The van der Waals surface area contributed by atoms with Gasteiger partial charge < -0.3 is 10.6 Å². The normalized spacial score (nSPS) is 15.8. The largest absolute Gasteiger partial charge is 0.382 e. The van der Waals surface area contributed by atoms with Crippen LogP contribution < -0.4 is 10.6 Å². The summed E-state index contributed by atoms with van der Waals surface area (Å²) in [6.07, 6.45) is 0. The van der Waals surface area contributed by atoms with Crippen LogP contribution in [0.1, 0.15) is 5.56 Å². The van der Waals surface area contributed by atoms with Crippen LogP contribution in [0, 0.1) is 17.1 Å². The number of rotatable bonds is 3. The average molecular weight is 411 g/mol. The number of halogens is 1. The predicted octanol–water partition coefficient (Wildman–Crippen LogP) is 2.37. The van der Waals surface area contributed by atoms with Crippen molar-refractivity contribution < 1.29 is 12.8 Å². The van der Waals surface area contributed by atoms with Crippen LogP contribution in [-0.4, -0.2) is 42.8 Å². The third-order valence-electron chi connectivity index (χ3n) is 4.92. The topological polar surface area (TPSA) is 105 Å². The maximum atomic E-state index is 14.1. The molecule has 2 heterocycles. The summed E-state index contributed by atoms with van der Waals surface area (Å²) >= 11 is 0. The van der Waals surface area contributed by atoms with E-state index >= 15 is 0 Å². The number of benzene rings is 2. The van der Waals surface area contributed by atoms with E-state index in [0.717, 1.165) is 11.4 Å². The number of sulfone groups is 1. The number of nitrogen functional groups attached to an aromatic ring is 1. The summed E-state index contributed by atoms with van der Waals surface area (Å²) in [5.74, 6) is -0.0145. The molecule has 1 aliphatic rings. The Bertz CT molecular complexity index is 1200. The highest BCUT2D eigenvalue weighted by Crippen LogP contribution is 2.28. The van der Waals surface area contributed by atoms with Gasteiger partial charge in [-0.25, -0.2) is 17.5 Å². The van der Waals surface area contributed by atoms with Crippen LogP contribution in [0.4, 0.5) is 15.9 Å². The average Bonchev–Trinajstić information content (AvgIpc) is 3.10. The van der Waals surface area contributed by atoms with E-state index in [9.17, 15) is 12.8 Å². The molecule has 0 bridgehead atoms. The summed E-state index contributed by atoms with van der Waals surface area (Å²) in [4.78, 5) is 2.03. The minimum Gasteiger partial charge on any atom is -0.382 e. The number of nitrogens with two attached hydrogens (primary N) is 1. The van der Waals surface area contributed by atoms with E-state index in [0.29, 0.717) is 24.3 Å². The molecular weight excluding hydrogens is 393 g/mol. The summed E-state index contributed by atoms with van der Waals surface area (Å²) in [7, 11) is -2.94. The van der Waals surface area contributed by atoms with Crippen LogP contribution in [0.15, 0.2) is 48.5 Å². The maximum absolute atomic E-state index is 14.1. The molecule has 0 atom stereocenters. The van der Waals surface area contributed by atoms with Crippen molar-refractivity contribution in [1.82, 2.24) is 9.78 Å². The first-order valence-corrected chi connectivity index (χ1v) is 10.8. The number of hydrogen-bond donors (Lipinski definition) is 1. The zero-order valence-electron chi connectivity index (χ0n) is 15.4. The van der Waals surface area contributed by atoms with Gasteiger partial charge in [0.25, 0.3) is 0 Å². The molecule has 1 fully saturated rings. The van der Waals surface area contributed by atoms with Crippen LogP contribution in [0.25, 0.3) is 16.9 Å². The summed E-state index contributed by atoms with van der Waals surface area (Å²) in [5, 5.41) is 13.2. The summed E-state index contributed by atoms with van der Waals surface area (Å²) in [6.45, 7) is 0.929. The molecule has 2 N–H and O–H groups in total. The summed E-state index contributed by atoms with van der Waals surface area (Å²) < 4.78 is 38.9. The number of anilines is 2. The fourth-order valence-corrected chi connectivity index (χ4v) is 4.54. The molecule has 2 aromatic carbocycles. The Labute approximate surface area is 167 Å². The molecule has 3 aromatic rings. The SMILES string of the molecule is N#Cc1ccc(-c2cc(N)nn2-c2ccc(N3CCS(=O)(=O)CC3)cc2)cc1F. The van der Waals surface area contributed by atoms with Crippen LogP contribution in [-0.2, 0) is 9.84 Å². The second-order valence-corrected chi connectivity index (χ2v) is 9.13. The lowest BCUT2D eigenvalue weighted by Crippen LogP contribution is -2.40. The molecule has 29 heavy (non-hydrogen) atoms. The van der Waals surface area contributed by atoms with Gasteiger partial charge in [-0.1, -0.05) is 6.07 Å². The second-order valence-electron chi connectivity index (χ2n) is 6.83. The maximum Gasteiger partial charge on any atom is 0.153 e. The molecule has 148 valence electrons. The fourth-order valence-electron chi connectivity index (χ4n) is 3.34. The van der Waals surface area contributed by atoms with Crippen molar-refractivity contribution in [2.24, 2.45) is 0 Å². The lowest BCUT2D eigenvalue weighted by atomic mass is 10.1. The van der Waals surface area contributed by atoms with Gasteiger partial charge in [-0.2, -0.15) is 10.4 Å². The molecule has 0 amide bonds. The molecular formula is C20H18FN5O2S. The lowest BCUT2D eigenvalue weighted by molar-refractivity contribution is 0.587. The van der Waals surface area contributed by atoms with E-state index in [2.05, 4.69) is 5.10 Å². The first-order valence-electron chi connectivity index (χ1n) is 8.98. The lowest BCUT2D eigenvalue weighted by Gasteiger charge is -2.28. The quantitative estimate of drug-likeness (QED) is 0.709. The molecule has 0 aliphatic carbocycles. The van der Waals surface area contributed by atoms with Crippen molar-refractivity contribution in [3.63, 3.8) is 0 Å². The van der Waals surface area contributed by atoms with E-state index < -0.39 is 15.7 Å². The first-order chi connectivity index (χ1) is 13.9. The van der Waals surface area contributed by atoms with Gasteiger partial charge in [-0.3, -0.25) is 0 Å². The molecule has 1 aromatic heterocycles. The van der Waals surface area contributed by atoms with Crippen molar-refractivity contribution in [1.29, 1.82) is 5.26 Å². The Morgan fingerprint density at radius 3 is 2.31 bits per heavy atom. The number of nitrogens with zero attached hydrogens (tertiary/aromatic N) is 4. The Kier molecular flexibility index (Phi) is 4.72. The third-order valence-corrected chi connectivity index (χ3v) is 6.53. The van der Waals surface area contributed by atoms with Gasteiger partial charge >= 0.3 is 0 Å². The predicted molar refractivity (Wildman–Crippen MR) is 109 cm³/mol. The molecule has 0 spiro atoms. The minimum absolute atomic E-state index is 0.0271. The van der Waals surface area contributed by atoms with Crippen molar-refractivity contribution in [2.45, 2.75) is 0 Å². The molecule has 7 nitrogen and oxygen atoms in total. The van der Waals surface area contributed by atoms with Crippen molar-refractivity contribution in [2.75, 3.05) is 35.2 Å². The molecule has 0 radical (unpaired) electrons. The van der Waals surface area contributed by atoms with Gasteiger partial charge in [-0.05, 0) is 36.4 Å². The van der Waals surface area contributed by atoms with Crippen molar-refractivity contribution in [3.8, 4) is 23.0 Å². The van der Waals surface area contributed by atoms with Gasteiger partial charge in [-0.15, -0.1) is 0 Å². The standard InChI is InChI=1S/C20H18FN5O2S/c21-18-11-14(1-2-15(18)13-22)19-12-20(23)24-26(19)17-5-3-16(4-6-17)25-7-9-29(27,28)10-8-25/h1-6,11-12H,7-10H2,(H2,23,24). The molecule has 4 rings (SSSR count). The van der Waals surface area contributed by atoms with E-state index in [1.54, 1.807) is 22.9 Å². The van der Waals surface area contributed by atoms with Crippen LogP contribution in [0.5, 0.6) is 0 Å². The molecule has 1 saturated heterocycles. The zero-order valence-corrected chi connectivity index (χ0v) is 16.2. The van der Waals surface area contributed by atoms with Gasteiger partial charge in [0.15, 0.2) is 9.84 Å². The van der Waals surface area contributed by atoms with Gasteiger partial charge in [0.2, 0.25) is 0 Å². The number of aromatic nitrogens is 2. The molecule has 9 heteroatoms. The van der Waals surface area contributed by atoms with Gasteiger partial charge in [0, 0.05) is 30.4 Å². The summed E-state index contributed by atoms with van der Waals surface area (Å²) in [6, 6.07) is 15.3. The first kappa shape index (κ1) is 19.0. The van der Waals surface area contributed by atoms with E-state index in [1.165, 1.54) is 12.1 Å². The second kappa shape index (κ2) is 7.22. The van der Waals surface area contributed by atoms with E-state index in [1.807, 2.05) is 29.2 Å². The Morgan fingerprint density at radius 1 is 1.03 bits per heavy atom. The molecule has 1 aliphatic heterocycles. The highest BCUT2D eigenvalue weighted by molar-refractivity contribution is 7.91. The third kappa shape index (κ3) is 3.79.